The van der Waals surface area contributed by atoms with E-state index in [-0.39, 0.29) is 22.1 Å². The number of anilines is 1. The highest BCUT2D eigenvalue weighted by Gasteiger charge is 2.21. The van der Waals surface area contributed by atoms with Crippen molar-refractivity contribution in [2.24, 2.45) is 0 Å². The molecule has 0 atom stereocenters. The van der Waals surface area contributed by atoms with Gasteiger partial charge >= 0.3 is 5.97 Å². The van der Waals surface area contributed by atoms with Crippen LogP contribution in [0.3, 0.4) is 0 Å². The highest BCUT2D eigenvalue weighted by Crippen LogP contribution is 2.28. The number of hydrogen-bond donors (Lipinski definition) is 1. The summed E-state index contributed by atoms with van der Waals surface area (Å²) < 4.78 is 54.3. The van der Waals surface area contributed by atoms with Gasteiger partial charge in [0.05, 0.1) is 17.7 Å². The number of esters is 1. The first kappa shape index (κ1) is 24.0. The molecule has 0 saturated carbocycles. The van der Waals surface area contributed by atoms with E-state index in [2.05, 4.69) is 5.32 Å². The molecule has 0 aliphatic heterocycles. The number of nitrogens with one attached hydrogen (secondary N) is 1. The van der Waals surface area contributed by atoms with Crippen LogP contribution >= 0.6 is 0 Å². The molecule has 0 saturated heterocycles. The molecule has 33 heavy (non-hydrogen) atoms. The molecular formula is C22H21FN2O7S. The van der Waals surface area contributed by atoms with E-state index >= 15 is 0 Å². The van der Waals surface area contributed by atoms with Crippen LogP contribution in [-0.2, 0) is 19.6 Å². The van der Waals surface area contributed by atoms with Gasteiger partial charge in [0.25, 0.3) is 5.91 Å². The molecule has 0 aliphatic carbocycles. The molecule has 1 heterocycles. The third kappa shape index (κ3) is 5.57. The largest absolute Gasteiger partial charge is 0.495 e. The Bertz CT molecular complexity index is 1270. The molecule has 2 aromatic carbocycles. The predicted molar refractivity (Wildman–Crippen MR) is 117 cm³/mol. The lowest BCUT2D eigenvalue weighted by atomic mass is 10.2. The Balaban J connectivity index is 1.66. The number of carbonyl (C=O) groups is 2. The third-order valence-electron chi connectivity index (χ3n) is 4.49. The normalized spacial score (nSPS) is 11.3. The van der Waals surface area contributed by atoms with E-state index in [4.69, 9.17) is 13.9 Å². The van der Waals surface area contributed by atoms with Gasteiger partial charge in [-0.1, -0.05) is 0 Å². The van der Waals surface area contributed by atoms with Crippen molar-refractivity contribution >= 4 is 27.6 Å². The molecule has 0 fully saturated rings. The van der Waals surface area contributed by atoms with Gasteiger partial charge in [-0.15, -0.1) is 0 Å². The van der Waals surface area contributed by atoms with Gasteiger partial charge in [-0.3, -0.25) is 4.79 Å². The second kappa shape index (κ2) is 9.84. The fourth-order valence-electron chi connectivity index (χ4n) is 2.76. The summed E-state index contributed by atoms with van der Waals surface area (Å²) in [5.41, 5.74) is 0.658. The van der Waals surface area contributed by atoms with Crippen LogP contribution in [0.15, 0.2) is 63.9 Å². The lowest BCUT2D eigenvalue weighted by molar-refractivity contribution is -0.119. The summed E-state index contributed by atoms with van der Waals surface area (Å²) in [6.45, 7) is -0.654. The van der Waals surface area contributed by atoms with Crippen LogP contribution in [0.5, 0.6) is 5.75 Å². The van der Waals surface area contributed by atoms with Crippen LogP contribution in [0.4, 0.5) is 10.1 Å². The van der Waals surface area contributed by atoms with Crippen molar-refractivity contribution in [2.45, 2.75) is 4.90 Å². The number of benzene rings is 2. The number of nitrogens with zero attached hydrogens (tertiary/aromatic N) is 1. The van der Waals surface area contributed by atoms with Gasteiger partial charge in [0.15, 0.2) is 6.61 Å². The van der Waals surface area contributed by atoms with Crippen LogP contribution < -0.4 is 10.1 Å². The summed E-state index contributed by atoms with van der Waals surface area (Å²) in [6.07, 6.45) is 0. The molecule has 9 nitrogen and oxygen atoms in total. The first-order valence-electron chi connectivity index (χ1n) is 9.55. The molecule has 0 spiro atoms. The molecule has 1 amide bonds. The quantitative estimate of drug-likeness (QED) is 0.497. The number of hydrogen-bond acceptors (Lipinski definition) is 7. The van der Waals surface area contributed by atoms with Crippen molar-refractivity contribution in [1.82, 2.24) is 4.31 Å². The predicted octanol–water partition coefficient (Wildman–Crippen LogP) is 3.14. The molecule has 3 rings (SSSR count). The van der Waals surface area contributed by atoms with Crippen LogP contribution in [0, 0.1) is 5.82 Å². The van der Waals surface area contributed by atoms with Crippen molar-refractivity contribution < 1.29 is 36.3 Å². The summed E-state index contributed by atoms with van der Waals surface area (Å²) in [6, 6.07) is 12.4. The zero-order valence-corrected chi connectivity index (χ0v) is 18.8. The SMILES string of the molecule is COc1ccc(S(=O)(=O)N(C)C)cc1NC(=O)COC(=O)c1ccc(-c2ccc(F)cc2)o1. The highest BCUT2D eigenvalue weighted by atomic mass is 32.2. The summed E-state index contributed by atoms with van der Waals surface area (Å²) in [7, 11) is 0.389. The van der Waals surface area contributed by atoms with Gasteiger partial charge in [0.1, 0.15) is 17.3 Å². The fraction of sp³-hybridized carbons (Fsp3) is 0.182. The smallest absolute Gasteiger partial charge is 0.374 e. The second-order valence-corrected chi connectivity index (χ2v) is 9.10. The molecule has 1 N–H and O–H groups in total. The van der Waals surface area contributed by atoms with Crippen molar-refractivity contribution in [3.8, 4) is 17.1 Å². The molecule has 11 heteroatoms. The van der Waals surface area contributed by atoms with Gasteiger partial charge in [-0.2, -0.15) is 0 Å². The monoisotopic (exact) mass is 476 g/mol. The van der Waals surface area contributed by atoms with Gasteiger partial charge < -0.3 is 19.2 Å². The van der Waals surface area contributed by atoms with E-state index in [1.54, 1.807) is 0 Å². The Morgan fingerprint density at radius 1 is 1.06 bits per heavy atom. The minimum absolute atomic E-state index is 0.0514. The van der Waals surface area contributed by atoms with E-state index in [0.717, 1.165) is 4.31 Å². The summed E-state index contributed by atoms with van der Waals surface area (Å²) >= 11 is 0. The van der Waals surface area contributed by atoms with E-state index < -0.39 is 34.3 Å². The molecule has 1 aromatic heterocycles. The zero-order valence-electron chi connectivity index (χ0n) is 18.0. The molecule has 0 radical (unpaired) electrons. The number of halogens is 1. The summed E-state index contributed by atoms with van der Waals surface area (Å²) in [5, 5.41) is 2.47. The molecule has 174 valence electrons. The number of amides is 1. The first-order valence-corrected chi connectivity index (χ1v) is 11.0. The van der Waals surface area contributed by atoms with E-state index in [9.17, 15) is 22.4 Å². The van der Waals surface area contributed by atoms with Crippen LogP contribution in [0.25, 0.3) is 11.3 Å². The number of sulfonamides is 1. The van der Waals surface area contributed by atoms with Crippen molar-refractivity contribution in [3.63, 3.8) is 0 Å². The topological polar surface area (TPSA) is 115 Å². The van der Waals surface area contributed by atoms with Crippen molar-refractivity contribution in [2.75, 3.05) is 33.1 Å². The maximum atomic E-state index is 13.0. The van der Waals surface area contributed by atoms with Crippen molar-refractivity contribution in [3.05, 3.63) is 66.2 Å². The van der Waals surface area contributed by atoms with Gasteiger partial charge in [0.2, 0.25) is 15.8 Å². The summed E-state index contributed by atoms with van der Waals surface area (Å²) in [5.74, 6) is -1.59. The molecule has 0 unspecified atom stereocenters. The number of furan rings is 1. The number of carbonyl (C=O) groups excluding carboxylic acids is 2. The van der Waals surface area contributed by atoms with Gasteiger partial charge in [0, 0.05) is 19.7 Å². The number of ether oxygens (including phenoxy) is 2. The Morgan fingerprint density at radius 3 is 2.39 bits per heavy atom. The molecule has 3 aromatic rings. The number of methoxy groups -OCH3 is 1. The maximum Gasteiger partial charge on any atom is 0.374 e. The van der Waals surface area contributed by atoms with Gasteiger partial charge in [-0.05, 0) is 54.6 Å². The van der Waals surface area contributed by atoms with Gasteiger partial charge in [-0.25, -0.2) is 21.9 Å². The average Bonchev–Trinajstić information content (AvgIpc) is 3.28. The molecular weight excluding hydrogens is 455 g/mol. The first-order chi connectivity index (χ1) is 15.6. The lowest BCUT2D eigenvalue weighted by Gasteiger charge is -2.15. The molecule has 0 bridgehead atoms. The lowest BCUT2D eigenvalue weighted by Crippen LogP contribution is -2.23. The Morgan fingerprint density at radius 2 is 1.76 bits per heavy atom. The zero-order chi connectivity index (χ0) is 24.2. The van der Waals surface area contributed by atoms with Crippen LogP contribution in [-0.4, -0.2) is 52.4 Å². The minimum Gasteiger partial charge on any atom is -0.495 e. The Labute approximate surface area is 189 Å². The minimum atomic E-state index is -3.74. The Kier molecular flexibility index (Phi) is 7.14. The number of rotatable bonds is 8. The molecule has 0 aliphatic rings. The van der Waals surface area contributed by atoms with Crippen molar-refractivity contribution in [1.29, 1.82) is 0 Å². The fourth-order valence-corrected chi connectivity index (χ4v) is 3.69. The standard InChI is InChI=1S/C22H21FN2O7S/c1-25(2)33(28,29)16-8-9-19(30-3)17(12-16)24-21(26)13-31-22(27)20-11-10-18(32-20)14-4-6-15(23)7-5-14/h4-12H,13H2,1-3H3,(H,24,26). The summed E-state index contributed by atoms with van der Waals surface area (Å²) in [4.78, 5) is 24.5. The average molecular weight is 476 g/mol. The second-order valence-electron chi connectivity index (χ2n) is 6.94. The maximum absolute atomic E-state index is 13.0. The Hall–Kier alpha value is -3.70. The van der Waals surface area contributed by atoms with E-state index in [1.807, 2.05) is 0 Å². The van der Waals surface area contributed by atoms with Crippen LogP contribution in [0.2, 0.25) is 0 Å². The van der Waals surface area contributed by atoms with E-state index in [0.29, 0.717) is 11.3 Å². The van der Waals surface area contributed by atoms with E-state index in [1.165, 1.54) is 75.8 Å². The van der Waals surface area contributed by atoms with Crippen LogP contribution in [0.1, 0.15) is 10.6 Å². The third-order valence-corrected chi connectivity index (χ3v) is 6.30. The highest BCUT2D eigenvalue weighted by molar-refractivity contribution is 7.89.